The number of benzene rings is 2. The molecule has 0 radical (unpaired) electrons. The van der Waals surface area contributed by atoms with Gasteiger partial charge in [0.15, 0.2) is 5.96 Å². The zero-order chi connectivity index (χ0) is 16.7. The fourth-order valence-electron chi connectivity index (χ4n) is 2.43. The molecular weight excluding hydrogens is 411 g/mol. The molecule has 3 N–H and O–H groups in total. The molecule has 0 saturated heterocycles. The van der Waals surface area contributed by atoms with Gasteiger partial charge in [-0.3, -0.25) is 0 Å². The average Bonchev–Trinajstić information content (AvgIpc) is 2.54. The van der Waals surface area contributed by atoms with Crippen molar-refractivity contribution < 1.29 is 0 Å². The standard InChI is InChI=1S/C19H26N4.HI/c1-15-9-10-17(18(13-15)23(2)3)14-22-19(20)21-12-11-16-7-5-4-6-8-16;/h4-10,13H,11-12,14H2,1-3H3,(H3,20,21,22);1H. The molecule has 0 fully saturated rings. The third kappa shape index (κ3) is 6.39. The van der Waals surface area contributed by atoms with Crippen LogP contribution in [0.4, 0.5) is 5.69 Å². The molecule has 0 unspecified atom stereocenters. The van der Waals surface area contributed by atoms with E-state index in [1.165, 1.54) is 22.4 Å². The summed E-state index contributed by atoms with van der Waals surface area (Å²) in [6.45, 7) is 3.46. The van der Waals surface area contributed by atoms with Gasteiger partial charge in [0.05, 0.1) is 6.54 Å². The third-order valence-electron chi connectivity index (χ3n) is 3.70. The van der Waals surface area contributed by atoms with Crippen molar-refractivity contribution in [1.82, 2.24) is 5.32 Å². The molecule has 24 heavy (non-hydrogen) atoms. The molecule has 0 heterocycles. The molecule has 0 aliphatic carbocycles. The van der Waals surface area contributed by atoms with Crippen LogP contribution < -0.4 is 16.0 Å². The molecule has 2 aromatic carbocycles. The number of rotatable bonds is 6. The van der Waals surface area contributed by atoms with Crippen LogP contribution in [0.25, 0.3) is 0 Å². The fraction of sp³-hybridized carbons (Fsp3) is 0.316. The first-order chi connectivity index (χ1) is 11.1. The van der Waals surface area contributed by atoms with E-state index in [2.05, 4.69) is 52.5 Å². The van der Waals surface area contributed by atoms with E-state index in [1.807, 2.05) is 32.3 Å². The van der Waals surface area contributed by atoms with Crippen LogP contribution in [0.2, 0.25) is 0 Å². The largest absolute Gasteiger partial charge is 0.377 e. The van der Waals surface area contributed by atoms with E-state index in [4.69, 9.17) is 5.73 Å². The number of guanidine groups is 1. The molecule has 2 aromatic rings. The van der Waals surface area contributed by atoms with Crippen molar-refractivity contribution in [3.05, 3.63) is 65.2 Å². The van der Waals surface area contributed by atoms with Gasteiger partial charge in [0.1, 0.15) is 0 Å². The SMILES string of the molecule is Cc1ccc(CN=C(N)NCCc2ccccc2)c(N(C)C)c1.I. The van der Waals surface area contributed by atoms with Gasteiger partial charge in [-0.05, 0) is 36.1 Å². The third-order valence-corrected chi connectivity index (χ3v) is 3.70. The highest BCUT2D eigenvalue weighted by Gasteiger charge is 2.04. The van der Waals surface area contributed by atoms with E-state index >= 15 is 0 Å². The lowest BCUT2D eigenvalue weighted by molar-refractivity contribution is 0.847. The van der Waals surface area contributed by atoms with Crippen LogP contribution in [0.3, 0.4) is 0 Å². The molecule has 130 valence electrons. The summed E-state index contributed by atoms with van der Waals surface area (Å²) in [6, 6.07) is 16.7. The Morgan fingerprint density at radius 2 is 1.83 bits per heavy atom. The van der Waals surface area contributed by atoms with E-state index in [0.717, 1.165) is 13.0 Å². The zero-order valence-electron chi connectivity index (χ0n) is 14.6. The van der Waals surface area contributed by atoms with Crippen molar-refractivity contribution >= 4 is 35.6 Å². The first-order valence-electron chi connectivity index (χ1n) is 7.91. The van der Waals surface area contributed by atoms with E-state index in [-0.39, 0.29) is 24.0 Å². The first-order valence-corrected chi connectivity index (χ1v) is 7.91. The number of nitrogens with two attached hydrogens (primary N) is 1. The van der Waals surface area contributed by atoms with Crippen LogP contribution in [0.15, 0.2) is 53.5 Å². The topological polar surface area (TPSA) is 53.6 Å². The number of nitrogens with zero attached hydrogens (tertiary/aromatic N) is 2. The molecule has 4 nitrogen and oxygen atoms in total. The van der Waals surface area contributed by atoms with Crippen molar-refractivity contribution in [3.8, 4) is 0 Å². The van der Waals surface area contributed by atoms with Gasteiger partial charge in [-0.25, -0.2) is 4.99 Å². The maximum absolute atomic E-state index is 5.97. The van der Waals surface area contributed by atoms with E-state index in [0.29, 0.717) is 12.5 Å². The summed E-state index contributed by atoms with van der Waals surface area (Å²) < 4.78 is 0. The Kier molecular flexibility index (Phi) is 8.60. The second-order valence-corrected chi connectivity index (χ2v) is 5.89. The normalized spacial score (nSPS) is 10.9. The predicted octanol–water partition coefficient (Wildman–Crippen LogP) is 3.33. The van der Waals surface area contributed by atoms with Gasteiger partial charge in [-0.15, -0.1) is 24.0 Å². The second kappa shape index (κ2) is 10.2. The first kappa shape index (κ1) is 20.3. The Hall–Kier alpha value is -1.76. The van der Waals surface area contributed by atoms with Gasteiger partial charge in [-0.1, -0.05) is 42.5 Å². The van der Waals surface area contributed by atoms with E-state index in [9.17, 15) is 0 Å². The molecule has 0 spiro atoms. The lowest BCUT2D eigenvalue weighted by atomic mass is 10.1. The van der Waals surface area contributed by atoms with Crippen molar-refractivity contribution in [2.45, 2.75) is 19.9 Å². The minimum absolute atomic E-state index is 0. The number of aryl methyl sites for hydroxylation is 1. The van der Waals surface area contributed by atoms with Gasteiger partial charge in [0.25, 0.3) is 0 Å². The summed E-state index contributed by atoms with van der Waals surface area (Å²) >= 11 is 0. The Bertz CT molecular complexity index is 654. The number of aliphatic imine (C=N–C) groups is 1. The number of hydrogen-bond acceptors (Lipinski definition) is 2. The quantitative estimate of drug-likeness (QED) is 0.414. The zero-order valence-corrected chi connectivity index (χ0v) is 17.0. The van der Waals surface area contributed by atoms with Crippen LogP contribution in [0.5, 0.6) is 0 Å². The van der Waals surface area contributed by atoms with Gasteiger partial charge < -0.3 is 16.0 Å². The molecule has 2 rings (SSSR count). The maximum Gasteiger partial charge on any atom is 0.188 e. The van der Waals surface area contributed by atoms with Crippen LogP contribution in [-0.4, -0.2) is 26.6 Å². The van der Waals surface area contributed by atoms with Crippen molar-refractivity contribution in [2.75, 3.05) is 25.5 Å². The number of nitrogens with one attached hydrogen (secondary N) is 1. The maximum atomic E-state index is 5.97. The number of hydrogen-bond donors (Lipinski definition) is 2. The molecule has 5 heteroatoms. The number of halogens is 1. The minimum Gasteiger partial charge on any atom is -0.377 e. The highest BCUT2D eigenvalue weighted by Crippen LogP contribution is 2.21. The molecule has 0 bridgehead atoms. The van der Waals surface area contributed by atoms with Crippen molar-refractivity contribution in [1.29, 1.82) is 0 Å². The predicted molar refractivity (Wildman–Crippen MR) is 114 cm³/mol. The summed E-state index contributed by atoms with van der Waals surface area (Å²) in [7, 11) is 4.09. The Balaban J connectivity index is 0.00000288. The summed E-state index contributed by atoms with van der Waals surface area (Å²) in [6.07, 6.45) is 0.935. The van der Waals surface area contributed by atoms with Crippen molar-refractivity contribution in [3.63, 3.8) is 0 Å². The molecule has 0 aromatic heterocycles. The molecular formula is C19H27IN4. The minimum atomic E-state index is 0. The highest BCUT2D eigenvalue weighted by atomic mass is 127. The average molecular weight is 438 g/mol. The molecule has 0 atom stereocenters. The smallest absolute Gasteiger partial charge is 0.188 e. The van der Waals surface area contributed by atoms with Gasteiger partial charge >= 0.3 is 0 Å². The summed E-state index contributed by atoms with van der Waals surface area (Å²) in [4.78, 5) is 6.56. The molecule has 0 aliphatic heterocycles. The highest BCUT2D eigenvalue weighted by molar-refractivity contribution is 14.0. The monoisotopic (exact) mass is 438 g/mol. The Morgan fingerprint density at radius 3 is 2.50 bits per heavy atom. The van der Waals surface area contributed by atoms with E-state index in [1.54, 1.807) is 0 Å². The van der Waals surface area contributed by atoms with Crippen molar-refractivity contribution in [2.24, 2.45) is 10.7 Å². The molecule has 0 aliphatic rings. The van der Waals surface area contributed by atoms with Crippen LogP contribution >= 0.6 is 24.0 Å². The van der Waals surface area contributed by atoms with Crippen LogP contribution in [-0.2, 0) is 13.0 Å². The van der Waals surface area contributed by atoms with Gasteiger partial charge in [0, 0.05) is 26.3 Å². The number of anilines is 1. The van der Waals surface area contributed by atoms with Gasteiger partial charge in [0.2, 0.25) is 0 Å². The lowest BCUT2D eigenvalue weighted by Crippen LogP contribution is -2.33. The van der Waals surface area contributed by atoms with Gasteiger partial charge in [-0.2, -0.15) is 0 Å². The summed E-state index contributed by atoms with van der Waals surface area (Å²) in [5.41, 5.74) is 10.9. The van der Waals surface area contributed by atoms with Crippen LogP contribution in [0, 0.1) is 6.92 Å². The van der Waals surface area contributed by atoms with E-state index < -0.39 is 0 Å². The summed E-state index contributed by atoms with van der Waals surface area (Å²) in [5, 5.41) is 3.18. The summed E-state index contributed by atoms with van der Waals surface area (Å²) in [5.74, 6) is 0.492. The second-order valence-electron chi connectivity index (χ2n) is 5.89. The molecule has 0 saturated carbocycles. The van der Waals surface area contributed by atoms with Crippen LogP contribution in [0.1, 0.15) is 16.7 Å². The Morgan fingerprint density at radius 1 is 1.12 bits per heavy atom. The lowest BCUT2D eigenvalue weighted by Gasteiger charge is -2.17. The molecule has 0 amide bonds. The fourth-order valence-corrected chi connectivity index (χ4v) is 2.43. The Labute approximate surface area is 162 Å².